The van der Waals surface area contributed by atoms with Crippen LogP contribution in [-0.2, 0) is 16.4 Å². The van der Waals surface area contributed by atoms with E-state index in [4.69, 9.17) is 9.47 Å². The molecule has 0 radical (unpaired) electrons. The topological polar surface area (TPSA) is 125 Å². The number of rotatable bonds is 11. The Hall–Kier alpha value is -2.98. The van der Waals surface area contributed by atoms with Gasteiger partial charge < -0.3 is 14.8 Å². The van der Waals surface area contributed by atoms with Gasteiger partial charge in [-0.3, -0.25) is 14.9 Å². The maximum absolute atomic E-state index is 12.1. The number of carbonyl (C=O) groups excluding carboxylic acids is 1. The average molecular weight is 451 g/mol. The normalized spacial score (nSPS) is 12.3. The monoisotopic (exact) mass is 450 g/mol. The summed E-state index contributed by atoms with van der Waals surface area (Å²) in [6, 6.07) is 8.84. The lowest BCUT2D eigenvalue weighted by Gasteiger charge is -2.21. The standard InChI is InChI=1S/C21H26N2O7S/c1-5-30-20-11-15(9-10-19(20)29-3)17(13-31(4,27)28)22-12-16-7-6-8-18(23(25)26)21(16)14(2)24/h6-11,17,22H,5,12-13H2,1-4H3/t17-/m1/s1. The molecule has 0 fully saturated rings. The van der Waals surface area contributed by atoms with E-state index >= 15 is 0 Å². The molecule has 0 heterocycles. The Kier molecular flexibility index (Phi) is 8.12. The van der Waals surface area contributed by atoms with Crippen molar-refractivity contribution in [2.24, 2.45) is 0 Å². The number of carbonyl (C=O) groups is 1. The minimum atomic E-state index is -3.37. The fraction of sp³-hybridized carbons (Fsp3) is 0.381. The Balaban J connectivity index is 2.42. The second kappa shape index (κ2) is 10.4. The van der Waals surface area contributed by atoms with E-state index in [1.165, 1.54) is 26.2 Å². The number of ether oxygens (including phenoxy) is 2. The Morgan fingerprint density at radius 3 is 2.48 bits per heavy atom. The molecule has 10 heteroatoms. The number of methoxy groups -OCH3 is 1. The van der Waals surface area contributed by atoms with Crippen LogP contribution in [0.5, 0.6) is 11.5 Å². The smallest absolute Gasteiger partial charge is 0.280 e. The number of hydrogen-bond donors (Lipinski definition) is 1. The summed E-state index contributed by atoms with van der Waals surface area (Å²) in [6.07, 6.45) is 1.13. The number of nitro benzene ring substituents is 1. The highest BCUT2D eigenvalue weighted by molar-refractivity contribution is 7.90. The van der Waals surface area contributed by atoms with Crippen molar-refractivity contribution in [1.29, 1.82) is 0 Å². The summed E-state index contributed by atoms with van der Waals surface area (Å²) >= 11 is 0. The molecule has 31 heavy (non-hydrogen) atoms. The molecule has 2 aromatic carbocycles. The molecule has 2 rings (SSSR count). The maximum atomic E-state index is 12.1. The first-order valence-electron chi connectivity index (χ1n) is 9.56. The zero-order valence-corrected chi connectivity index (χ0v) is 18.7. The summed E-state index contributed by atoms with van der Waals surface area (Å²) in [5.41, 5.74) is 0.778. The van der Waals surface area contributed by atoms with Gasteiger partial charge in [-0.15, -0.1) is 0 Å². The summed E-state index contributed by atoms with van der Waals surface area (Å²) < 4.78 is 34.9. The van der Waals surface area contributed by atoms with Gasteiger partial charge in [0.1, 0.15) is 9.84 Å². The van der Waals surface area contributed by atoms with Crippen LogP contribution in [0, 0.1) is 10.1 Å². The summed E-state index contributed by atoms with van der Waals surface area (Å²) in [7, 11) is -1.87. The minimum absolute atomic E-state index is 0.00263. The van der Waals surface area contributed by atoms with Gasteiger partial charge in [0.15, 0.2) is 17.3 Å². The van der Waals surface area contributed by atoms with Gasteiger partial charge in [-0.2, -0.15) is 0 Å². The Bertz CT molecular complexity index is 1070. The second-order valence-electron chi connectivity index (χ2n) is 6.99. The van der Waals surface area contributed by atoms with E-state index in [1.54, 1.807) is 24.3 Å². The number of nitrogens with zero attached hydrogens (tertiary/aromatic N) is 1. The van der Waals surface area contributed by atoms with Gasteiger partial charge in [-0.1, -0.05) is 18.2 Å². The van der Waals surface area contributed by atoms with Gasteiger partial charge in [0, 0.05) is 24.9 Å². The maximum Gasteiger partial charge on any atom is 0.280 e. The molecule has 0 aliphatic rings. The molecular weight excluding hydrogens is 424 g/mol. The number of sulfone groups is 1. The Morgan fingerprint density at radius 1 is 1.23 bits per heavy atom. The van der Waals surface area contributed by atoms with Crippen LogP contribution in [0.4, 0.5) is 5.69 Å². The quantitative estimate of drug-likeness (QED) is 0.315. The lowest BCUT2D eigenvalue weighted by molar-refractivity contribution is -0.385. The number of nitro groups is 1. The first kappa shape index (κ1) is 24.3. The third kappa shape index (κ3) is 6.50. The summed E-state index contributed by atoms with van der Waals surface area (Å²) in [4.78, 5) is 22.8. The second-order valence-corrected chi connectivity index (χ2v) is 9.18. The molecule has 0 saturated carbocycles. The van der Waals surface area contributed by atoms with Crippen LogP contribution in [0.3, 0.4) is 0 Å². The SMILES string of the molecule is CCOc1cc([C@@H](CS(C)(=O)=O)NCc2cccc([N+](=O)[O-])c2C(C)=O)ccc1OC. The van der Waals surface area contributed by atoms with Gasteiger partial charge in [-0.05, 0) is 37.1 Å². The zero-order chi connectivity index (χ0) is 23.2. The largest absolute Gasteiger partial charge is 0.493 e. The summed E-state index contributed by atoms with van der Waals surface area (Å²) in [5.74, 6) is 0.338. The molecule has 0 aliphatic carbocycles. The van der Waals surface area contributed by atoms with E-state index < -0.39 is 26.6 Å². The van der Waals surface area contributed by atoms with Crippen LogP contribution >= 0.6 is 0 Å². The molecule has 0 bridgehead atoms. The lowest BCUT2D eigenvalue weighted by Crippen LogP contribution is -2.28. The first-order chi connectivity index (χ1) is 14.6. The number of nitrogens with one attached hydrogen (secondary N) is 1. The van der Waals surface area contributed by atoms with Crippen LogP contribution in [0.2, 0.25) is 0 Å². The molecule has 9 nitrogen and oxygen atoms in total. The van der Waals surface area contributed by atoms with E-state index in [-0.39, 0.29) is 23.5 Å². The highest BCUT2D eigenvalue weighted by Gasteiger charge is 2.23. The first-order valence-corrected chi connectivity index (χ1v) is 11.6. The Morgan fingerprint density at radius 2 is 1.94 bits per heavy atom. The fourth-order valence-electron chi connectivity index (χ4n) is 3.28. The Labute approximate surface area is 181 Å². The third-order valence-electron chi connectivity index (χ3n) is 4.58. The van der Waals surface area contributed by atoms with Gasteiger partial charge in [-0.25, -0.2) is 8.42 Å². The van der Waals surface area contributed by atoms with Gasteiger partial charge in [0.25, 0.3) is 5.69 Å². The van der Waals surface area contributed by atoms with Crippen molar-refractivity contribution in [3.05, 3.63) is 63.2 Å². The number of benzene rings is 2. The molecule has 168 valence electrons. The molecule has 0 amide bonds. The van der Waals surface area contributed by atoms with Crippen molar-refractivity contribution in [3.63, 3.8) is 0 Å². The molecule has 0 aliphatic heterocycles. The van der Waals surface area contributed by atoms with Gasteiger partial charge >= 0.3 is 0 Å². The van der Waals surface area contributed by atoms with Crippen molar-refractivity contribution in [2.45, 2.75) is 26.4 Å². The number of Topliss-reactive ketones (excluding diaryl/α,β-unsaturated/α-hetero) is 1. The average Bonchev–Trinajstić information content (AvgIpc) is 2.70. The van der Waals surface area contributed by atoms with Gasteiger partial charge in [0.2, 0.25) is 0 Å². The van der Waals surface area contributed by atoms with Crippen LogP contribution < -0.4 is 14.8 Å². The summed E-state index contributed by atoms with van der Waals surface area (Å²) in [5, 5.41) is 14.4. The minimum Gasteiger partial charge on any atom is -0.493 e. The van der Waals surface area contributed by atoms with E-state index in [2.05, 4.69) is 5.32 Å². The van der Waals surface area contributed by atoms with Crippen molar-refractivity contribution in [2.75, 3.05) is 25.7 Å². The van der Waals surface area contributed by atoms with Crippen LogP contribution in [0.1, 0.15) is 41.4 Å². The van der Waals surface area contributed by atoms with E-state index in [9.17, 15) is 23.3 Å². The predicted octanol–water partition coefficient (Wildman–Crippen LogP) is 3.08. The van der Waals surface area contributed by atoms with Crippen molar-refractivity contribution in [1.82, 2.24) is 5.32 Å². The van der Waals surface area contributed by atoms with Crippen molar-refractivity contribution >= 4 is 21.3 Å². The predicted molar refractivity (Wildman–Crippen MR) is 117 cm³/mol. The molecule has 2 aromatic rings. The molecule has 0 saturated heterocycles. The van der Waals surface area contributed by atoms with Crippen LogP contribution in [0.25, 0.3) is 0 Å². The highest BCUT2D eigenvalue weighted by atomic mass is 32.2. The lowest BCUT2D eigenvalue weighted by atomic mass is 10.0. The van der Waals surface area contributed by atoms with Crippen LogP contribution in [-0.4, -0.2) is 44.8 Å². The number of ketones is 1. The molecular formula is C21H26N2O7S. The van der Waals surface area contributed by atoms with Gasteiger partial charge in [0.05, 0.1) is 30.0 Å². The van der Waals surface area contributed by atoms with E-state index in [0.29, 0.717) is 29.2 Å². The molecule has 0 spiro atoms. The molecule has 0 aromatic heterocycles. The van der Waals surface area contributed by atoms with Crippen molar-refractivity contribution in [3.8, 4) is 11.5 Å². The summed E-state index contributed by atoms with van der Waals surface area (Å²) in [6.45, 7) is 3.55. The molecule has 1 atom stereocenters. The molecule has 1 N–H and O–H groups in total. The number of hydrogen-bond acceptors (Lipinski definition) is 8. The fourth-order valence-corrected chi connectivity index (χ4v) is 4.20. The zero-order valence-electron chi connectivity index (χ0n) is 17.9. The van der Waals surface area contributed by atoms with Crippen molar-refractivity contribution < 1.29 is 27.6 Å². The molecule has 0 unspecified atom stereocenters. The van der Waals surface area contributed by atoms with Crippen LogP contribution in [0.15, 0.2) is 36.4 Å². The third-order valence-corrected chi connectivity index (χ3v) is 5.51. The van der Waals surface area contributed by atoms with E-state index in [0.717, 1.165) is 6.26 Å². The highest BCUT2D eigenvalue weighted by Crippen LogP contribution is 2.31. The van der Waals surface area contributed by atoms with E-state index in [1.807, 2.05) is 6.92 Å².